The van der Waals surface area contributed by atoms with Crippen molar-refractivity contribution < 1.29 is 23.9 Å². The molecule has 0 heterocycles. The normalized spacial score (nSPS) is 10.4. The van der Waals surface area contributed by atoms with Crippen LogP contribution in [-0.4, -0.2) is 31.8 Å². The topological polar surface area (TPSA) is 69.7 Å². The van der Waals surface area contributed by atoms with Gasteiger partial charge in [0.1, 0.15) is 5.75 Å². The number of aryl methyl sites for hydroxylation is 1. The Bertz CT molecular complexity index is 990. The lowest BCUT2D eigenvalue weighted by molar-refractivity contribution is 0.0602. The number of esters is 1. The molecule has 5 heteroatoms. The Morgan fingerprint density at radius 1 is 0.963 bits per heavy atom. The Morgan fingerprint density at radius 3 is 2.33 bits per heavy atom. The highest BCUT2D eigenvalue weighted by atomic mass is 16.5. The van der Waals surface area contributed by atoms with Crippen molar-refractivity contribution in [3.05, 3.63) is 76.9 Å². The maximum absolute atomic E-state index is 12.8. The van der Waals surface area contributed by atoms with E-state index in [1.54, 1.807) is 42.5 Å². The van der Waals surface area contributed by atoms with Gasteiger partial charge in [0.2, 0.25) is 5.78 Å². The van der Waals surface area contributed by atoms with Crippen LogP contribution in [0.25, 0.3) is 11.1 Å². The fourth-order valence-electron chi connectivity index (χ4n) is 2.94. The average Bonchev–Trinajstić information content (AvgIpc) is 2.87. The standard InChI is InChI=1S/C22H18O5/c1-14-8-9-21(15(10-14)12-23)27-13-20(24)18-11-19(22(25)26-2)17-7-5-3-4-6-16(17)18/h3-12H,13H2,1-2H3. The molecule has 0 fully saturated rings. The maximum Gasteiger partial charge on any atom is 0.338 e. The van der Waals surface area contributed by atoms with Gasteiger partial charge in [0.05, 0.1) is 18.2 Å². The Balaban J connectivity index is 1.91. The number of methoxy groups -OCH3 is 1. The molecule has 0 aliphatic heterocycles. The number of Topliss-reactive ketones (excluding diaryl/α,β-unsaturated/α-hetero) is 1. The van der Waals surface area contributed by atoms with Crippen LogP contribution in [0.1, 0.15) is 36.6 Å². The second kappa shape index (κ2) is 7.83. The summed E-state index contributed by atoms with van der Waals surface area (Å²) in [7, 11) is 1.30. The minimum Gasteiger partial charge on any atom is -0.485 e. The molecule has 0 amide bonds. The van der Waals surface area contributed by atoms with Crippen molar-refractivity contribution in [2.24, 2.45) is 0 Å². The smallest absolute Gasteiger partial charge is 0.338 e. The van der Waals surface area contributed by atoms with Gasteiger partial charge in [0.15, 0.2) is 12.9 Å². The van der Waals surface area contributed by atoms with Crippen molar-refractivity contribution in [1.82, 2.24) is 0 Å². The summed E-state index contributed by atoms with van der Waals surface area (Å²) < 4.78 is 10.4. The molecular weight excluding hydrogens is 344 g/mol. The summed E-state index contributed by atoms with van der Waals surface area (Å²) >= 11 is 0. The molecule has 0 spiro atoms. The molecule has 0 aromatic heterocycles. The highest BCUT2D eigenvalue weighted by molar-refractivity contribution is 6.10. The number of carbonyl (C=O) groups excluding carboxylic acids is 3. The van der Waals surface area contributed by atoms with E-state index in [0.717, 1.165) is 5.56 Å². The van der Waals surface area contributed by atoms with Gasteiger partial charge in [-0.25, -0.2) is 4.79 Å². The molecule has 2 aliphatic rings. The van der Waals surface area contributed by atoms with Crippen LogP contribution in [0.2, 0.25) is 0 Å². The number of hydrogen-bond acceptors (Lipinski definition) is 5. The first-order valence-electron chi connectivity index (χ1n) is 8.37. The van der Waals surface area contributed by atoms with Crippen LogP contribution in [0.4, 0.5) is 0 Å². The van der Waals surface area contributed by atoms with E-state index < -0.39 is 5.97 Å². The van der Waals surface area contributed by atoms with Crippen LogP contribution in [0, 0.1) is 6.92 Å². The van der Waals surface area contributed by atoms with E-state index in [4.69, 9.17) is 9.47 Å². The zero-order chi connectivity index (χ0) is 19.4. The molecule has 0 unspecified atom stereocenters. The first kappa shape index (κ1) is 18.3. The fourth-order valence-corrected chi connectivity index (χ4v) is 2.94. The minimum absolute atomic E-state index is 0.248. The summed E-state index contributed by atoms with van der Waals surface area (Å²) in [5.74, 6) is -0.453. The number of ether oxygens (including phenoxy) is 2. The second-order valence-electron chi connectivity index (χ2n) is 6.07. The molecule has 0 bridgehead atoms. The molecule has 0 saturated carbocycles. The zero-order valence-corrected chi connectivity index (χ0v) is 15.0. The van der Waals surface area contributed by atoms with Gasteiger partial charge in [-0.2, -0.15) is 0 Å². The first-order valence-corrected chi connectivity index (χ1v) is 8.37. The van der Waals surface area contributed by atoms with Crippen molar-refractivity contribution in [2.75, 3.05) is 13.7 Å². The Morgan fingerprint density at radius 2 is 1.67 bits per heavy atom. The van der Waals surface area contributed by atoms with E-state index >= 15 is 0 Å². The molecule has 1 aromatic rings. The lowest BCUT2D eigenvalue weighted by atomic mass is 10.1. The van der Waals surface area contributed by atoms with Gasteiger partial charge < -0.3 is 9.47 Å². The summed E-state index contributed by atoms with van der Waals surface area (Å²) in [6.07, 6.45) is 0.695. The van der Waals surface area contributed by atoms with Gasteiger partial charge in [0.25, 0.3) is 0 Å². The van der Waals surface area contributed by atoms with Gasteiger partial charge >= 0.3 is 5.97 Å². The van der Waals surface area contributed by atoms with E-state index in [0.29, 0.717) is 39.9 Å². The molecule has 3 rings (SSSR count). The summed E-state index contributed by atoms with van der Waals surface area (Å²) in [6.45, 7) is 1.62. The van der Waals surface area contributed by atoms with Crippen molar-refractivity contribution in [1.29, 1.82) is 0 Å². The quantitative estimate of drug-likeness (QED) is 0.377. The number of aldehydes is 1. The van der Waals surface area contributed by atoms with E-state index in [2.05, 4.69) is 0 Å². The lowest BCUT2D eigenvalue weighted by Gasteiger charge is -2.08. The molecule has 2 aliphatic carbocycles. The van der Waals surface area contributed by atoms with Crippen molar-refractivity contribution in [3.8, 4) is 16.9 Å². The van der Waals surface area contributed by atoms with Crippen molar-refractivity contribution in [3.63, 3.8) is 0 Å². The number of hydrogen-bond donors (Lipinski definition) is 0. The van der Waals surface area contributed by atoms with Crippen LogP contribution in [-0.2, 0) is 4.74 Å². The van der Waals surface area contributed by atoms with Crippen LogP contribution in [0.3, 0.4) is 0 Å². The number of carbonyl (C=O) groups is 3. The van der Waals surface area contributed by atoms with Crippen molar-refractivity contribution in [2.45, 2.75) is 6.92 Å². The third kappa shape index (κ3) is 3.72. The van der Waals surface area contributed by atoms with E-state index in [1.807, 2.05) is 13.0 Å². The van der Waals surface area contributed by atoms with Crippen LogP contribution in [0.5, 0.6) is 5.75 Å². The molecule has 0 radical (unpaired) electrons. The SMILES string of the molecule is COC(=O)c1cc(C(=O)COc2ccc(C)cc2C=O)c2cccccc1-2. The summed E-state index contributed by atoms with van der Waals surface area (Å²) in [6, 6.07) is 15.6. The molecular formula is C22H18O5. The Kier molecular flexibility index (Phi) is 5.31. The molecule has 136 valence electrons. The number of ketones is 1. The summed E-state index contributed by atoms with van der Waals surface area (Å²) in [5, 5.41) is 0. The van der Waals surface area contributed by atoms with Gasteiger partial charge in [-0.05, 0) is 36.2 Å². The summed E-state index contributed by atoms with van der Waals surface area (Å²) in [5.41, 5.74) is 3.30. The molecule has 5 nitrogen and oxygen atoms in total. The van der Waals surface area contributed by atoms with Gasteiger partial charge in [-0.3, -0.25) is 9.59 Å². The van der Waals surface area contributed by atoms with Gasteiger partial charge in [-0.1, -0.05) is 42.0 Å². The lowest BCUT2D eigenvalue weighted by Crippen LogP contribution is -2.12. The second-order valence-corrected chi connectivity index (χ2v) is 6.07. The average molecular weight is 362 g/mol. The highest BCUT2D eigenvalue weighted by Gasteiger charge is 2.24. The van der Waals surface area contributed by atoms with Gasteiger partial charge in [-0.15, -0.1) is 0 Å². The molecule has 0 N–H and O–H groups in total. The van der Waals surface area contributed by atoms with Gasteiger partial charge in [0, 0.05) is 5.56 Å². The Hall–Kier alpha value is -3.47. The van der Waals surface area contributed by atoms with Crippen LogP contribution < -0.4 is 4.74 Å². The fraction of sp³-hybridized carbons (Fsp3) is 0.136. The number of rotatable bonds is 6. The predicted molar refractivity (Wildman–Crippen MR) is 101 cm³/mol. The Labute approximate surface area is 156 Å². The summed E-state index contributed by atoms with van der Waals surface area (Å²) in [4.78, 5) is 36.0. The molecule has 0 saturated heterocycles. The third-order valence-electron chi connectivity index (χ3n) is 4.26. The first-order chi connectivity index (χ1) is 13.0. The number of fused-ring (bicyclic) bond motifs is 1. The number of benzene rings is 1. The largest absolute Gasteiger partial charge is 0.485 e. The predicted octanol–water partition coefficient (Wildman–Crippen LogP) is 3.96. The molecule has 0 atom stereocenters. The maximum atomic E-state index is 12.8. The van der Waals surface area contributed by atoms with E-state index in [1.165, 1.54) is 13.2 Å². The van der Waals surface area contributed by atoms with E-state index in [9.17, 15) is 14.4 Å². The third-order valence-corrected chi connectivity index (χ3v) is 4.26. The van der Waals surface area contributed by atoms with E-state index in [-0.39, 0.29) is 12.4 Å². The highest BCUT2D eigenvalue weighted by Crippen LogP contribution is 2.33. The zero-order valence-electron chi connectivity index (χ0n) is 15.0. The van der Waals surface area contributed by atoms with Crippen molar-refractivity contribution >= 4 is 18.0 Å². The van der Waals surface area contributed by atoms with Crippen LogP contribution >= 0.6 is 0 Å². The molecule has 27 heavy (non-hydrogen) atoms. The molecule has 1 aromatic carbocycles. The monoisotopic (exact) mass is 362 g/mol. The minimum atomic E-state index is -0.507. The van der Waals surface area contributed by atoms with Crippen LogP contribution in [0.15, 0.2) is 54.6 Å².